The Morgan fingerprint density at radius 2 is 1.83 bits per heavy atom. The lowest BCUT2D eigenvalue weighted by atomic mass is 9.90. The average Bonchev–Trinajstić information content (AvgIpc) is 2.28. The van der Waals surface area contributed by atoms with E-state index < -0.39 is 24.2 Å². The van der Waals surface area contributed by atoms with Crippen molar-refractivity contribution in [1.82, 2.24) is 0 Å². The Bertz CT molecular complexity index is 403. The normalized spacial score (nSPS) is 14.9. The first-order valence-electron chi connectivity index (χ1n) is 5.31. The van der Waals surface area contributed by atoms with Crippen molar-refractivity contribution in [3.8, 4) is 0 Å². The highest BCUT2D eigenvalue weighted by Crippen LogP contribution is 2.41. The number of alkyl halides is 3. The molecule has 0 fully saturated rings. The molecule has 1 atom stereocenters. The first kappa shape index (κ1) is 14.5. The zero-order valence-corrected chi connectivity index (χ0v) is 9.70. The standard InChI is InChI=1S/C12H13F3O3/c1-2-18-10(16)8-11(17,12(13,14)15)9-6-4-3-5-7-9/h3-7,17H,2,8H2,1H3. The van der Waals surface area contributed by atoms with Gasteiger partial charge in [0.25, 0.3) is 0 Å². The molecule has 1 aromatic rings. The van der Waals surface area contributed by atoms with Gasteiger partial charge in [-0.25, -0.2) is 0 Å². The average molecular weight is 262 g/mol. The maximum Gasteiger partial charge on any atom is 0.422 e. The molecule has 1 rings (SSSR count). The van der Waals surface area contributed by atoms with Crippen LogP contribution in [0.15, 0.2) is 30.3 Å². The van der Waals surface area contributed by atoms with Gasteiger partial charge in [-0.1, -0.05) is 30.3 Å². The molecular weight excluding hydrogens is 249 g/mol. The lowest BCUT2D eigenvalue weighted by molar-refractivity contribution is -0.269. The SMILES string of the molecule is CCOC(=O)CC(O)(c1ccccc1)C(F)(F)F. The molecule has 3 nitrogen and oxygen atoms in total. The molecule has 6 heteroatoms. The van der Waals surface area contributed by atoms with Crippen LogP contribution in [-0.2, 0) is 15.1 Å². The van der Waals surface area contributed by atoms with Crippen molar-refractivity contribution in [3.05, 3.63) is 35.9 Å². The molecule has 0 amide bonds. The highest BCUT2D eigenvalue weighted by molar-refractivity contribution is 5.71. The molecule has 1 aromatic carbocycles. The highest BCUT2D eigenvalue weighted by Gasteiger charge is 2.56. The summed E-state index contributed by atoms with van der Waals surface area (Å²) in [5, 5.41) is 9.79. The molecule has 0 spiro atoms. The molecule has 0 bridgehead atoms. The molecule has 0 heterocycles. The summed E-state index contributed by atoms with van der Waals surface area (Å²) in [6, 6.07) is 6.47. The number of halogens is 3. The van der Waals surface area contributed by atoms with Crippen LogP contribution in [0.1, 0.15) is 18.9 Å². The Labute approximate surface area is 102 Å². The van der Waals surface area contributed by atoms with Crippen LogP contribution in [0.4, 0.5) is 13.2 Å². The van der Waals surface area contributed by atoms with Crippen LogP contribution in [-0.4, -0.2) is 23.9 Å². The Kier molecular flexibility index (Phi) is 4.34. The molecule has 0 aliphatic rings. The fourth-order valence-electron chi connectivity index (χ4n) is 1.50. The number of carbonyl (C=O) groups is 1. The van der Waals surface area contributed by atoms with Crippen LogP contribution >= 0.6 is 0 Å². The van der Waals surface area contributed by atoms with E-state index in [1.807, 2.05) is 0 Å². The first-order valence-corrected chi connectivity index (χ1v) is 5.31. The van der Waals surface area contributed by atoms with E-state index in [0.717, 1.165) is 12.1 Å². The third kappa shape index (κ3) is 3.01. The van der Waals surface area contributed by atoms with Crippen LogP contribution < -0.4 is 0 Å². The topological polar surface area (TPSA) is 46.5 Å². The fraction of sp³-hybridized carbons (Fsp3) is 0.417. The van der Waals surface area contributed by atoms with Crippen molar-refractivity contribution < 1.29 is 27.8 Å². The highest BCUT2D eigenvalue weighted by atomic mass is 19.4. The summed E-state index contributed by atoms with van der Waals surface area (Å²) >= 11 is 0. The number of ether oxygens (including phenoxy) is 1. The molecule has 0 saturated carbocycles. The number of esters is 1. The largest absolute Gasteiger partial charge is 0.466 e. The molecule has 1 unspecified atom stereocenters. The first-order chi connectivity index (χ1) is 8.31. The molecule has 0 aromatic heterocycles. The van der Waals surface area contributed by atoms with Gasteiger partial charge in [0.2, 0.25) is 0 Å². The summed E-state index contributed by atoms with van der Waals surface area (Å²) in [7, 11) is 0. The van der Waals surface area contributed by atoms with E-state index in [9.17, 15) is 23.1 Å². The van der Waals surface area contributed by atoms with Gasteiger partial charge in [0.1, 0.15) is 0 Å². The van der Waals surface area contributed by atoms with Gasteiger partial charge >= 0.3 is 12.1 Å². The summed E-state index contributed by atoms with van der Waals surface area (Å²) < 4.78 is 43.3. The van der Waals surface area contributed by atoms with Crippen molar-refractivity contribution in [1.29, 1.82) is 0 Å². The molecule has 0 radical (unpaired) electrons. The molecular formula is C12H13F3O3. The molecule has 1 N–H and O–H groups in total. The van der Waals surface area contributed by atoms with Crippen LogP contribution in [0, 0.1) is 0 Å². The van der Waals surface area contributed by atoms with Gasteiger partial charge in [-0.2, -0.15) is 13.2 Å². The van der Waals surface area contributed by atoms with E-state index in [4.69, 9.17) is 0 Å². The fourth-order valence-corrected chi connectivity index (χ4v) is 1.50. The van der Waals surface area contributed by atoms with E-state index in [2.05, 4.69) is 4.74 Å². The zero-order chi connectivity index (χ0) is 13.8. The smallest absolute Gasteiger partial charge is 0.422 e. The quantitative estimate of drug-likeness (QED) is 0.847. The predicted molar refractivity (Wildman–Crippen MR) is 57.6 cm³/mol. The third-order valence-corrected chi connectivity index (χ3v) is 2.43. The summed E-state index contributed by atoms with van der Waals surface area (Å²) in [5.41, 5.74) is -3.61. The Morgan fingerprint density at radius 1 is 1.28 bits per heavy atom. The maximum absolute atomic E-state index is 12.9. The van der Waals surface area contributed by atoms with Crippen LogP contribution in [0.2, 0.25) is 0 Å². The van der Waals surface area contributed by atoms with Crippen molar-refractivity contribution in [2.45, 2.75) is 25.1 Å². The predicted octanol–water partition coefficient (Wildman–Crippen LogP) is 2.39. The third-order valence-electron chi connectivity index (χ3n) is 2.43. The van der Waals surface area contributed by atoms with Gasteiger partial charge in [-0.15, -0.1) is 0 Å². The second-order valence-corrected chi connectivity index (χ2v) is 3.71. The van der Waals surface area contributed by atoms with Gasteiger partial charge < -0.3 is 9.84 Å². The van der Waals surface area contributed by atoms with Crippen molar-refractivity contribution >= 4 is 5.97 Å². The molecule has 100 valence electrons. The summed E-state index contributed by atoms with van der Waals surface area (Å²) in [4.78, 5) is 11.2. The van der Waals surface area contributed by atoms with Crippen molar-refractivity contribution in [2.75, 3.05) is 6.61 Å². The lowest BCUT2D eigenvalue weighted by Crippen LogP contribution is -2.44. The zero-order valence-electron chi connectivity index (χ0n) is 9.70. The Hall–Kier alpha value is -1.56. The monoisotopic (exact) mass is 262 g/mol. The van der Waals surface area contributed by atoms with E-state index in [-0.39, 0.29) is 12.2 Å². The van der Waals surface area contributed by atoms with E-state index in [0.29, 0.717) is 0 Å². The maximum atomic E-state index is 12.9. The molecule has 0 aliphatic heterocycles. The minimum Gasteiger partial charge on any atom is -0.466 e. The second-order valence-electron chi connectivity index (χ2n) is 3.71. The number of rotatable bonds is 4. The lowest BCUT2D eigenvalue weighted by Gasteiger charge is -2.30. The van der Waals surface area contributed by atoms with Gasteiger partial charge in [0.05, 0.1) is 13.0 Å². The number of aliphatic hydroxyl groups is 1. The number of hydrogen-bond acceptors (Lipinski definition) is 3. The molecule has 0 aliphatic carbocycles. The molecule has 18 heavy (non-hydrogen) atoms. The second kappa shape index (κ2) is 5.39. The summed E-state index contributed by atoms with van der Waals surface area (Å²) in [6.45, 7) is 1.44. The van der Waals surface area contributed by atoms with Gasteiger partial charge in [-0.3, -0.25) is 4.79 Å². The van der Waals surface area contributed by atoms with E-state index in [1.165, 1.54) is 25.1 Å². The van der Waals surface area contributed by atoms with Crippen molar-refractivity contribution in [2.24, 2.45) is 0 Å². The number of benzene rings is 1. The van der Waals surface area contributed by atoms with Gasteiger partial charge in [0, 0.05) is 0 Å². The number of hydrogen-bond donors (Lipinski definition) is 1. The minimum atomic E-state index is -4.96. The Morgan fingerprint density at radius 3 is 2.28 bits per heavy atom. The van der Waals surface area contributed by atoms with Crippen LogP contribution in [0.3, 0.4) is 0 Å². The summed E-state index contributed by atoms with van der Waals surface area (Å²) in [6.07, 6.45) is -6.12. The Balaban J connectivity index is 3.09. The number of carbonyl (C=O) groups excluding carboxylic acids is 1. The van der Waals surface area contributed by atoms with E-state index >= 15 is 0 Å². The van der Waals surface area contributed by atoms with E-state index in [1.54, 1.807) is 0 Å². The van der Waals surface area contributed by atoms with Gasteiger partial charge in [0.15, 0.2) is 5.60 Å². The van der Waals surface area contributed by atoms with Gasteiger partial charge in [-0.05, 0) is 12.5 Å². The van der Waals surface area contributed by atoms with Crippen LogP contribution in [0.25, 0.3) is 0 Å². The van der Waals surface area contributed by atoms with Crippen molar-refractivity contribution in [3.63, 3.8) is 0 Å². The summed E-state index contributed by atoms with van der Waals surface area (Å²) in [5.74, 6) is -1.10. The molecule has 0 saturated heterocycles. The van der Waals surface area contributed by atoms with Crippen LogP contribution in [0.5, 0.6) is 0 Å². The minimum absolute atomic E-state index is 0.0401.